The zero-order chi connectivity index (χ0) is 9.23. The van der Waals surface area contributed by atoms with Crippen molar-refractivity contribution in [2.45, 2.75) is 12.8 Å². The van der Waals surface area contributed by atoms with Gasteiger partial charge in [0.1, 0.15) is 0 Å². The molecule has 5 nitrogen and oxygen atoms in total. The van der Waals surface area contributed by atoms with Gasteiger partial charge in [-0.05, 0) is 6.42 Å². The number of carbonyl (C=O) groups is 1. The van der Waals surface area contributed by atoms with Crippen molar-refractivity contribution in [3.8, 4) is 0 Å². The zero-order valence-electron chi connectivity index (χ0n) is 6.99. The van der Waals surface area contributed by atoms with E-state index in [0.29, 0.717) is 26.1 Å². The molecule has 5 heteroatoms. The summed E-state index contributed by atoms with van der Waals surface area (Å²) in [5.74, 6) is 0. The predicted octanol–water partition coefficient (Wildman–Crippen LogP) is -0.129. The molecular weight excluding hydrogens is 162 g/mol. The Balaban J connectivity index is 2.86. The van der Waals surface area contributed by atoms with E-state index in [4.69, 9.17) is 15.6 Å². The van der Waals surface area contributed by atoms with Gasteiger partial charge >= 0.3 is 6.09 Å². The van der Waals surface area contributed by atoms with Gasteiger partial charge in [0.2, 0.25) is 0 Å². The van der Waals surface area contributed by atoms with Gasteiger partial charge in [-0.2, -0.15) is 0 Å². The Hall–Kier alpha value is -0.810. The van der Waals surface area contributed by atoms with Gasteiger partial charge in [0.05, 0.1) is 6.61 Å². The molecule has 0 saturated heterocycles. The molecule has 3 N–H and O–H groups in total. The van der Waals surface area contributed by atoms with E-state index in [1.165, 1.54) is 0 Å². The van der Waals surface area contributed by atoms with Gasteiger partial charge in [-0.15, -0.1) is 0 Å². The van der Waals surface area contributed by atoms with Crippen molar-refractivity contribution in [2.24, 2.45) is 5.73 Å². The van der Waals surface area contributed by atoms with Crippen LogP contribution in [0.2, 0.25) is 0 Å². The Morgan fingerprint density at radius 3 is 2.50 bits per heavy atom. The summed E-state index contributed by atoms with van der Waals surface area (Å²) in [7, 11) is 0. The second-order valence-corrected chi connectivity index (χ2v) is 2.21. The molecule has 0 aliphatic carbocycles. The molecule has 0 fully saturated rings. The summed E-state index contributed by atoms with van der Waals surface area (Å²) in [6.07, 6.45) is 0.510. The number of amides is 1. The topological polar surface area (TPSA) is 81.8 Å². The van der Waals surface area contributed by atoms with Gasteiger partial charge in [-0.25, -0.2) is 4.79 Å². The highest BCUT2D eigenvalue weighted by Gasteiger charge is 1.93. The Labute approximate surface area is 71.5 Å². The molecule has 0 aromatic carbocycles. The van der Waals surface area contributed by atoms with Gasteiger partial charge in [0.25, 0.3) is 0 Å². The number of hydrogen-bond acceptors (Lipinski definition) is 4. The summed E-state index contributed by atoms with van der Waals surface area (Å²) in [5.41, 5.74) is 4.72. The van der Waals surface area contributed by atoms with Crippen LogP contribution < -0.4 is 5.73 Å². The van der Waals surface area contributed by atoms with E-state index in [0.717, 1.165) is 0 Å². The van der Waals surface area contributed by atoms with E-state index in [1.54, 1.807) is 0 Å². The maximum atomic E-state index is 10.1. The molecule has 0 spiro atoms. The molecule has 1 amide bonds. The largest absolute Gasteiger partial charge is 0.450 e. The second-order valence-electron chi connectivity index (χ2n) is 2.21. The average Bonchev–Trinajstić information content (AvgIpc) is 2.02. The predicted molar refractivity (Wildman–Crippen MR) is 42.7 cm³/mol. The van der Waals surface area contributed by atoms with Crippen molar-refractivity contribution in [1.82, 2.24) is 0 Å². The van der Waals surface area contributed by atoms with Gasteiger partial charge in [-0.1, -0.05) is 0 Å². The Morgan fingerprint density at radius 2 is 1.92 bits per heavy atom. The van der Waals surface area contributed by atoms with Crippen LogP contribution in [0.3, 0.4) is 0 Å². The first kappa shape index (κ1) is 11.2. The maximum Gasteiger partial charge on any atom is 0.404 e. The molecule has 0 aliphatic rings. The number of hydrogen-bond donors (Lipinski definition) is 2. The van der Waals surface area contributed by atoms with Gasteiger partial charge < -0.3 is 20.3 Å². The first-order valence-electron chi connectivity index (χ1n) is 3.88. The van der Waals surface area contributed by atoms with Crippen LogP contribution in [0.4, 0.5) is 4.79 Å². The van der Waals surface area contributed by atoms with Crippen molar-refractivity contribution < 1.29 is 19.4 Å². The van der Waals surface area contributed by atoms with Crippen LogP contribution in [0.15, 0.2) is 0 Å². The monoisotopic (exact) mass is 177 g/mol. The van der Waals surface area contributed by atoms with Crippen LogP contribution in [0.1, 0.15) is 12.8 Å². The molecular formula is C7H15NO4. The molecule has 0 bridgehead atoms. The third kappa shape index (κ3) is 9.19. The summed E-state index contributed by atoms with van der Waals surface area (Å²) >= 11 is 0. The molecule has 0 aromatic rings. The van der Waals surface area contributed by atoms with E-state index in [-0.39, 0.29) is 13.2 Å². The number of nitrogens with two attached hydrogens (primary N) is 1. The summed E-state index contributed by atoms with van der Waals surface area (Å²) < 4.78 is 9.52. The fourth-order valence-corrected chi connectivity index (χ4v) is 0.602. The number of rotatable bonds is 7. The summed E-state index contributed by atoms with van der Waals surface area (Å²) in [5, 5.41) is 8.38. The van der Waals surface area contributed by atoms with E-state index < -0.39 is 6.09 Å². The second kappa shape index (κ2) is 8.29. The van der Waals surface area contributed by atoms with Crippen molar-refractivity contribution in [2.75, 3.05) is 26.4 Å². The van der Waals surface area contributed by atoms with Crippen molar-refractivity contribution in [1.29, 1.82) is 0 Å². The fourth-order valence-electron chi connectivity index (χ4n) is 0.602. The summed E-state index contributed by atoms with van der Waals surface area (Å²) in [4.78, 5) is 10.1. The van der Waals surface area contributed by atoms with Crippen LogP contribution in [-0.2, 0) is 9.47 Å². The third-order valence-electron chi connectivity index (χ3n) is 1.12. The lowest BCUT2D eigenvalue weighted by molar-refractivity contribution is 0.0941. The van der Waals surface area contributed by atoms with E-state index in [9.17, 15) is 4.79 Å². The SMILES string of the molecule is NC(=O)OCCCOCCCO. The zero-order valence-corrected chi connectivity index (χ0v) is 6.99. The minimum atomic E-state index is -0.759. The third-order valence-corrected chi connectivity index (χ3v) is 1.12. The number of ether oxygens (including phenoxy) is 2. The molecule has 0 rings (SSSR count). The van der Waals surface area contributed by atoms with Gasteiger partial charge in [-0.3, -0.25) is 0 Å². The molecule has 0 heterocycles. The number of aliphatic hydroxyl groups excluding tert-OH is 1. The van der Waals surface area contributed by atoms with Crippen molar-refractivity contribution >= 4 is 6.09 Å². The lowest BCUT2D eigenvalue weighted by Gasteiger charge is -2.02. The molecule has 0 aromatic heterocycles. The van der Waals surface area contributed by atoms with Crippen LogP contribution in [-0.4, -0.2) is 37.6 Å². The van der Waals surface area contributed by atoms with Crippen molar-refractivity contribution in [3.63, 3.8) is 0 Å². The summed E-state index contributed by atoms with van der Waals surface area (Å²) in [6.45, 7) is 1.48. The average molecular weight is 177 g/mol. The number of aliphatic hydroxyl groups is 1. The van der Waals surface area contributed by atoms with Crippen LogP contribution in [0, 0.1) is 0 Å². The number of carbonyl (C=O) groups excluding carboxylic acids is 1. The van der Waals surface area contributed by atoms with E-state index in [1.807, 2.05) is 0 Å². The minimum Gasteiger partial charge on any atom is -0.450 e. The molecule has 0 saturated carbocycles. The maximum absolute atomic E-state index is 10.1. The molecule has 0 aliphatic heterocycles. The summed E-state index contributed by atoms with van der Waals surface area (Å²) in [6, 6.07) is 0. The molecule has 12 heavy (non-hydrogen) atoms. The first-order chi connectivity index (χ1) is 5.77. The highest BCUT2D eigenvalue weighted by molar-refractivity contribution is 5.64. The highest BCUT2D eigenvalue weighted by Crippen LogP contribution is 1.86. The van der Waals surface area contributed by atoms with Crippen LogP contribution in [0.25, 0.3) is 0 Å². The smallest absolute Gasteiger partial charge is 0.404 e. The molecule has 0 radical (unpaired) electrons. The Kier molecular flexibility index (Phi) is 7.73. The van der Waals surface area contributed by atoms with E-state index >= 15 is 0 Å². The normalized spacial score (nSPS) is 9.75. The molecule has 72 valence electrons. The first-order valence-corrected chi connectivity index (χ1v) is 3.88. The standard InChI is InChI=1S/C7H15NO4/c8-7(10)12-6-2-5-11-4-1-3-9/h9H,1-6H2,(H2,8,10). The van der Waals surface area contributed by atoms with Gasteiger partial charge in [0.15, 0.2) is 0 Å². The fraction of sp³-hybridized carbons (Fsp3) is 0.857. The van der Waals surface area contributed by atoms with E-state index in [2.05, 4.69) is 4.74 Å². The molecule has 0 unspecified atom stereocenters. The Morgan fingerprint density at radius 1 is 1.25 bits per heavy atom. The highest BCUT2D eigenvalue weighted by atomic mass is 16.5. The van der Waals surface area contributed by atoms with Crippen molar-refractivity contribution in [3.05, 3.63) is 0 Å². The quantitative estimate of drug-likeness (QED) is 0.531. The number of primary amides is 1. The minimum absolute atomic E-state index is 0.137. The molecule has 0 atom stereocenters. The van der Waals surface area contributed by atoms with Crippen LogP contribution >= 0.6 is 0 Å². The lowest BCUT2D eigenvalue weighted by Crippen LogP contribution is -2.14. The lowest BCUT2D eigenvalue weighted by atomic mass is 10.4. The van der Waals surface area contributed by atoms with Crippen LogP contribution in [0.5, 0.6) is 0 Å². The van der Waals surface area contributed by atoms with Gasteiger partial charge in [0, 0.05) is 26.2 Å². The Bertz CT molecular complexity index is 118.